The number of nitrogens with zero attached hydrogens (tertiary/aromatic N) is 4. The van der Waals surface area contributed by atoms with E-state index in [1.165, 1.54) is 18.2 Å². The van der Waals surface area contributed by atoms with Crippen LogP contribution in [0.15, 0.2) is 36.5 Å². The molecule has 0 saturated carbocycles. The predicted octanol–water partition coefficient (Wildman–Crippen LogP) is 5.64. The fraction of sp³-hybridized carbons (Fsp3) is 0.517. The topological polar surface area (TPSA) is 93.1 Å². The molecule has 2 N–H and O–H groups in total. The van der Waals surface area contributed by atoms with Crippen LogP contribution in [0, 0.1) is 17.0 Å². The molecule has 3 heterocycles. The first kappa shape index (κ1) is 28.0. The van der Waals surface area contributed by atoms with Gasteiger partial charge in [-0.15, -0.1) is 5.10 Å². The second-order valence-corrected chi connectivity index (χ2v) is 11.8. The van der Waals surface area contributed by atoms with Crippen LogP contribution in [0.1, 0.15) is 77.3 Å². The van der Waals surface area contributed by atoms with E-state index in [4.69, 9.17) is 9.72 Å². The number of hydrogen-bond donors (Lipinski definition) is 2. The van der Waals surface area contributed by atoms with E-state index in [1.807, 2.05) is 6.07 Å². The zero-order valence-electron chi connectivity index (χ0n) is 23.0. The third kappa shape index (κ3) is 5.83. The third-order valence-corrected chi connectivity index (χ3v) is 7.13. The first-order valence-electron chi connectivity index (χ1n) is 13.1. The first-order chi connectivity index (χ1) is 17.8. The summed E-state index contributed by atoms with van der Waals surface area (Å²) in [5, 5.41) is 22.5. The molecule has 0 spiro atoms. The van der Waals surface area contributed by atoms with E-state index >= 15 is 0 Å². The molecule has 3 aromatic rings. The number of benzene rings is 1. The van der Waals surface area contributed by atoms with Gasteiger partial charge in [0.15, 0.2) is 0 Å². The Balaban J connectivity index is 1.83. The van der Waals surface area contributed by atoms with Gasteiger partial charge in [-0.2, -0.15) is 5.10 Å². The summed E-state index contributed by atoms with van der Waals surface area (Å²) in [4.78, 5) is 9.20. The standard InChI is InChI=1S/C29H37F2N5O2/c1-7-18(2)19-13-22(24-20(30)9-8-10-21(24)31)35-36-25(19)28(6,14-27(3,4)5)23-11-12-32-26(34-23)33-15-29(37)16-38-17-29/h8-13,18,37H,7,14-17H2,1-6H3,(H,32,33,34)/t18-,28-/m0/s1. The fourth-order valence-corrected chi connectivity index (χ4v) is 5.09. The van der Waals surface area contributed by atoms with Crippen molar-refractivity contribution in [3.63, 3.8) is 0 Å². The molecule has 1 saturated heterocycles. The van der Waals surface area contributed by atoms with Crippen molar-refractivity contribution >= 4 is 5.95 Å². The maximum Gasteiger partial charge on any atom is 0.222 e. The van der Waals surface area contributed by atoms with Crippen molar-refractivity contribution in [2.45, 2.75) is 71.3 Å². The molecular formula is C29H37F2N5O2. The van der Waals surface area contributed by atoms with Crippen molar-refractivity contribution < 1.29 is 18.6 Å². The average molecular weight is 526 g/mol. The summed E-state index contributed by atoms with van der Waals surface area (Å²) >= 11 is 0. The summed E-state index contributed by atoms with van der Waals surface area (Å²) in [5.41, 5.74) is 0.590. The van der Waals surface area contributed by atoms with Crippen molar-refractivity contribution in [2.75, 3.05) is 25.1 Å². The first-order valence-corrected chi connectivity index (χ1v) is 13.1. The molecule has 38 heavy (non-hydrogen) atoms. The SMILES string of the molecule is CC[C@H](C)c1cc(-c2c(F)cccc2F)nnc1[C@@](C)(CC(C)(C)C)c1ccnc(NCC2(O)COC2)n1. The molecule has 0 unspecified atom stereocenters. The van der Waals surface area contributed by atoms with Gasteiger partial charge >= 0.3 is 0 Å². The second-order valence-electron chi connectivity index (χ2n) is 11.8. The Labute approximate surface area is 223 Å². The predicted molar refractivity (Wildman–Crippen MR) is 143 cm³/mol. The van der Waals surface area contributed by atoms with E-state index in [-0.39, 0.29) is 42.3 Å². The molecule has 0 amide bonds. The van der Waals surface area contributed by atoms with Crippen LogP contribution in [0.4, 0.5) is 14.7 Å². The van der Waals surface area contributed by atoms with Crippen molar-refractivity contribution in [2.24, 2.45) is 5.41 Å². The molecular weight excluding hydrogens is 488 g/mol. The van der Waals surface area contributed by atoms with Crippen LogP contribution in [-0.4, -0.2) is 50.6 Å². The Morgan fingerprint density at radius 2 is 1.79 bits per heavy atom. The van der Waals surface area contributed by atoms with Crippen LogP contribution in [-0.2, 0) is 10.2 Å². The number of aliphatic hydroxyl groups is 1. The van der Waals surface area contributed by atoms with Gasteiger partial charge in [0, 0.05) is 6.20 Å². The van der Waals surface area contributed by atoms with Crippen LogP contribution in [0.5, 0.6) is 0 Å². The summed E-state index contributed by atoms with van der Waals surface area (Å²) in [6, 6.07) is 7.42. The average Bonchev–Trinajstić information content (AvgIpc) is 2.84. The molecule has 1 aromatic carbocycles. The maximum absolute atomic E-state index is 14.6. The lowest BCUT2D eigenvalue weighted by Crippen LogP contribution is -2.54. The lowest BCUT2D eigenvalue weighted by atomic mass is 9.69. The van der Waals surface area contributed by atoms with Crippen LogP contribution in [0.3, 0.4) is 0 Å². The summed E-state index contributed by atoms with van der Waals surface area (Å²) in [7, 11) is 0. The minimum Gasteiger partial charge on any atom is -0.383 e. The molecule has 0 radical (unpaired) electrons. The van der Waals surface area contributed by atoms with Gasteiger partial charge in [0.1, 0.15) is 17.2 Å². The minimum absolute atomic E-state index is 0.0562. The van der Waals surface area contributed by atoms with Crippen molar-refractivity contribution in [1.82, 2.24) is 20.2 Å². The molecule has 7 nitrogen and oxygen atoms in total. The summed E-state index contributed by atoms with van der Waals surface area (Å²) in [6.45, 7) is 13.5. The van der Waals surface area contributed by atoms with Crippen LogP contribution in [0.25, 0.3) is 11.3 Å². The van der Waals surface area contributed by atoms with Crippen LogP contribution in [0.2, 0.25) is 0 Å². The number of rotatable bonds is 9. The van der Waals surface area contributed by atoms with Crippen molar-refractivity contribution in [3.8, 4) is 11.3 Å². The zero-order chi connectivity index (χ0) is 27.7. The number of hydrogen-bond acceptors (Lipinski definition) is 7. The van der Waals surface area contributed by atoms with E-state index in [1.54, 1.807) is 12.3 Å². The Hall–Kier alpha value is -3.04. The lowest BCUT2D eigenvalue weighted by molar-refractivity contribution is -0.168. The summed E-state index contributed by atoms with van der Waals surface area (Å²) in [5.74, 6) is -0.902. The van der Waals surface area contributed by atoms with Crippen molar-refractivity contribution in [1.29, 1.82) is 0 Å². The maximum atomic E-state index is 14.6. The quantitative estimate of drug-likeness (QED) is 0.373. The number of anilines is 1. The Kier molecular flexibility index (Phi) is 7.81. The van der Waals surface area contributed by atoms with Gasteiger partial charge in [0.25, 0.3) is 0 Å². The molecule has 9 heteroatoms. The number of halogens is 2. The van der Waals surface area contributed by atoms with Crippen LogP contribution >= 0.6 is 0 Å². The number of nitrogens with one attached hydrogen (secondary N) is 1. The van der Waals surface area contributed by atoms with Gasteiger partial charge in [0.2, 0.25) is 5.95 Å². The molecule has 204 valence electrons. The number of aromatic nitrogens is 4. The van der Waals surface area contributed by atoms with Gasteiger partial charge in [-0.1, -0.05) is 40.7 Å². The summed E-state index contributed by atoms with van der Waals surface area (Å²) in [6.07, 6.45) is 3.17. The van der Waals surface area contributed by atoms with E-state index < -0.39 is 22.7 Å². The van der Waals surface area contributed by atoms with Crippen molar-refractivity contribution in [3.05, 3.63) is 65.1 Å². The van der Waals surface area contributed by atoms with Gasteiger partial charge < -0.3 is 15.2 Å². The fourth-order valence-electron chi connectivity index (χ4n) is 5.09. The van der Waals surface area contributed by atoms with Crippen LogP contribution < -0.4 is 5.32 Å². The molecule has 2 atom stereocenters. The molecule has 0 bridgehead atoms. The molecule has 2 aromatic heterocycles. The Morgan fingerprint density at radius 3 is 2.37 bits per heavy atom. The Bertz CT molecular complexity index is 1270. The molecule has 0 aliphatic carbocycles. The highest BCUT2D eigenvalue weighted by Crippen LogP contribution is 2.44. The highest BCUT2D eigenvalue weighted by molar-refractivity contribution is 5.62. The highest BCUT2D eigenvalue weighted by Gasteiger charge is 2.40. The van der Waals surface area contributed by atoms with Gasteiger partial charge in [-0.25, -0.2) is 18.7 Å². The lowest BCUT2D eigenvalue weighted by Gasteiger charge is -2.37. The van der Waals surface area contributed by atoms with E-state index in [9.17, 15) is 13.9 Å². The second kappa shape index (κ2) is 10.6. The molecule has 1 aliphatic heterocycles. The largest absolute Gasteiger partial charge is 0.383 e. The van der Waals surface area contributed by atoms with Gasteiger partial charge in [0.05, 0.1) is 47.8 Å². The number of ether oxygens (including phenoxy) is 1. The highest BCUT2D eigenvalue weighted by atomic mass is 19.1. The van der Waals surface area contributed by atoms with Gasteiger partial charge in [-0.3, -0.25) is 0 Å². The minimum atomic E-state index is -0.929. The van der Waals surface area contributed by atoms with E-state index in [0.717, 1.165) is 23.4 Å². The molecule has 1 aliphatic rings. The molecule has 4 rings (SSSR count). The van der Waals surface area contributed by atoms with Gasteiger partial charge in [-0.05, 0) is 60.9 Å². The third-order valence-electron chi connectivity index (χ3n) is 7.13. The summed E-state index contributed by atoms with van der Waals surface area (Å²) < 4.78 is 34.4. The van der Waals surface area contributed by atoms with E-state index in [0.29, 0.717) is 12.4 Å². The van der Waals surface area contributed by atoms with E-state index in [2.05, 4.69) is 62.0 Å². The Morgan fingerprint density at radius 1 is 1.11 bits per heavy atom. The smallest absolute Gasteiger partial charge is 0.222 e. The normalized spacial score (nSPS) is 17.4. The zero-order valence-corrected chi connectivity index (χ0v) is 23.0. The monoisotopic (exact) mass is 525 g/mol. The molecule has 1 fully saturated rings.